The van der Waals surface area contributed by atoms with Crippen LogP contribution in [0.4, 0.5) is 0 Å². The number of benzene rings is 2. The van der Waals surface area contributed by atoms with Crippen LogP contribution in [0.3, 0.4) is 0 Å². The van der Waals surface area contributed by atoms with Crippen LogP contribution in [0.1, 0.15) is 29.3 Å². The first-order valence-corrected chi connectivity index (χ1v) is 9.95. The number of hydrogen-bond donors (Lipinski definition) is 2. The van der Waals surface area contributed by atoms with Crippen LogP contribution in [0, 0.1) is 0 Å². The first-order valence-electron chi connectivity index (χ1n) is 9.95. The fraction of sp³-hybridized carbons (Fsp3) is 0.250. The van der Waals surface area contributed by atoms with Crippen LogP contribution in [-0.4, -0.2) is 17.5 Å². The average molecular weight is 389 g/mol. The van der Waals surface area contributed by atoms with E-state index in [0.29, 0.717) is 26.3 Å². The van der Waals surface area contributed by atoms with E-state index in [1.54, 1.807) is 6.20 Å². The summed E-state index contributed by atoms with van der Waals surface area (Å²) in [7, 11) is 0. The summed E-state index contributed by atoms with van der Waals surface area (Å²) >= 11 is 0. The highest BCUT2D eigenvalue weighted by atomic mass is 16.5. The quantitative estimate of drug-likeness (QED) is 0.429. The second-order valence-corrected chi connectivity index (χ2v) is 6.66. The van der Waals surface area contributed by atoms with Gasteiger partial charge in [0.05, 0.1) is 32.0 Å². The normalized spacial score (nSPS) is 11.3. The van der Waals surface area contributed by atoms with E-state index in [2.05, 4.69) is 63.9 Å². The second kappa shape index (κ2) is 11.6. The smallest absolute Gasteiger partial charge is 0.191 e. The van der Waals surface area contributed by atoms with Crippen LogP contribution in [0.5, 0.6) is 0 Å². The molecule has 29 heavy (non-hydrogen) atoms. The van der Waals surface area contributed by atoms with Gasteiger partial charge >= 0.3 is 0 Å². The van der Waals surface area contributed by atoms with Crippen LogP contribution < -0.4 is 10.6 Å². The Morgan fingerprint density at radius 1 is 0.828 bits per heavy atom. The monoisotopic (exact) mass is 388 g/mol. The van der Waals surface area contributed by atoms with Crippen molar-refractivity contribution in [2.75, 3.05) is 6.54 Å². The summed E-state index contributed by atoms with van der Waals surface area (Å²) in [5, 5.41) is 6.59. The van der Waals surface area contributed by atoms with E-state index in [4.69, 9.17) is 4.74 Å². The maximum Gasteiger partial charge on any atom is 0.191 e. The number of aromatic nitrogens is 1. The molecule has 0 aliphatic heterocycles. The molecule has 0 aliphatic carbocycles. The fourth-order valence-corrected chi connectivity index (χ4v) is 2.79. The molecule has 5 nitrogen and oxygen atoms in total. The van der Waals surface area contributed by atoms with E-state index < -0.39 is 0 Å². The van der Waals surface area contributed by atoms with E-state index in [-0.39, 0.29) is 0 Å². The van der Waals surface area contributed by atoms with Crippen molar-refractivity contribution in [1.29, 1.82) is 0 Å². The molecule has 1 heterocycles. The Balaban J connectivity index is 1.47. The zero-order chi connectivity index (χ0) is 20.2. The van der Waals surface area contributed by atoms with Gasteiger partial charge in [-0.2, -0.15) is 0 Å². The van der Waals surface area contributed by atoms with Crippen molar-refractivity contribution in [2.45, 2.75) is 33.2 Å². The third-order valence-corrected chi connectivity index (χ3v) is 4.33. The van der Waals surface area contributed by atoms with Gasteiger partial charge in [0.2, 0.25) is 0 Å². The van der Waals surface area contributed by atoms with Crippen molar-refractivity contribution >= 4 is 5.96 Å². The molecule has 3 rings (SSSR count). The van der Waals surface area contributed by atoms with Crippen LogP contribution in [0.15, 0.2) is 84.0 Å². The Kier molecular flexibility index (Phi) is 8.23. The summed E-state index contributed by atoms with van der Waals surface area (Å²) in [5.41, 5.74) is 4.49. The molecule has 150 valence electrons. The Hall–Kier alpha value is -3.18. The number of ether oxygens (including phenoxy) is 1. The van der Waals surface area contributed by atoms with E-state index >= 15 is 0 Å². The van der Waals surface area contributed by atoms with Gasteiger partial charge in [0.25, 0.3) is 0 Å². The summed E-state index contributed by atoms with van der Waals surface area (Å²) < 4.78 is 5.80. The lowest BCUT2D eigenvalue weighted by molar-refractivity contribution is 0.107. The minimum Gasteiger partial charge on any atom is -0.372 e. The number of nitrogens with one attached hydrogen (secondary N) is 2. The van der Waals surface area contributed by atoms with E-state index in [1.165, 1.54) is 5.56 Å². The van der Waals surface area contributed by atoms with Gasteiger partial charge in [0, 0.05) is 12.7 Å². The fourth-order valence-electron chi connectivity index (χ4n) is 2.79. The number of pyridine rings is 1. The van der Waals surface area contributed by atoms with Crippen LogP contribution >= 0.6 is 0 Å². The zero-order valence-electron chi connectivity index (χ0n) is 16.8. The van der Waals surface area contributed by atoms with Crippen molar-refractivity contribution in [3.05, 3.63) is 101 Å². The molecular formula is C24H28N4O. The van der Waals surface area contributed by atoms with Crippen LogP contribution in [0.25, 0.3) is 0 Å². The largest absolute Gasteiger partial charge is 0.372 e. The third kappa shape index (κ3) is 7.39. The second-order valence-electron chi connectivity index (χ2n) is 6.66. The van der Waals surface area contributed by atoms with Gasteiger partial charge in [-0.1, -0.05) is 60.7 Å². The highest BCUT2D eigenvalue weighted by Gasteiger charge is 2.00. The number of nitrogens with zero attached hydrogens (tertiary/aromatic N) is 2. The zero-order valence-corrected chi connectivity index (χ0v) is 16.8. The number of aliphatic imine (C=N–C) groups is 1. The Morgan fingerprint density at radius 2 is 1.52 bits per heavy atom. The van der Waals surface area contributed by atoms with Crippen molar-refractivity contribution in [3.63, 3.8) is 0 Å². The predicted octanol–water partition coefficient (Wildman–Crippen LogP) is 4.05. The summed E-state index contributed by atoms with van der Waals surface area (Å²) in [5.74, 6) is 0.786. The lowest BCUT2D eigenvalue weighted by atomic mass is 10.1. The van der Waals surface area contributed by atoms with Crippen molar-refractivity contribution in [1.82, 2.24) is 15.6 Å². The van der Waals surface area contributed by atoms with Gasteiger partial charge in [-0.3, -0.25) is 4.98 Å². The molecule has 2 N–H and O–H groups in total. The molecule has 0 saturated heterocycles. The number of rotatable bonds is 9. The van der Waals surface area contributed by atoms with Gasteiger partial charge in [0.15, 0.2) is 5.96 Å². The van der Waals surface area contributed by atoms with Crippen LogP contribution in [-0.2, 0) is 31.0 Å². The summed E-state index contributed by atoms with van der Waals surface area (Å²) in [6, 6.07) is 24.5. The topological polar surface area (TPSA) is 58.5 Å². The van der Waals surface area contributed by atoms with Gasteiger partial charge in [-0.05, 0) is 35.7 Å². The highest BCUT2D eigenvalue weighted by Crippen LogP contribution is 2.09. The molecular weight excluding hydrogens is 360 g/mol. The summed E-state index contributed by atoms with van der Waals surface area (Å²) in [4.78, 5) is 8.99. The molecule has 0 unspecified atom stereocenters. The third-order valence-electron chi connectivity index (χ3n) is 4.33. The molecule has 0 aliphatic rings. The Labute approximate surface area is 172 Å². The highest BCUT2D eigenvalue weighted by molar-refractivity contribution is 5.79. The van der Waals surface area contributed by atoms with Gasteiger partial charge in [0.1, 0.15) is 0 Å². The summed E-state index contributed by atoms with van der Waals surface area (Å²) in [6.45, 7) is 5.36. The lowest BCUT2D eigenvalue weighted by Crippen LogP contribution is -2.36. The molecule has 0 radical (unpaired) electrons. The molecule has 2 aromatic carbocycles. The number of hydrogen-bond acceptors (Lipinski definition) is 3. The molecule has 0 atom stereocenters. The van der Waals surface area contributed by atoms with Gasteiger partial charge in [-0.25, -0.2) is 4.99 Å². The van der Waals surface area contributed by atoms with Crippen molar-refractivity contribution in [2.24, 2.45) is 4.99 Å². The lowest BCUT2D eigenvalue weighted by Gasteiger charge is -2.11. The molecule has 0 spiro atoms. The maximum atomic E-state index is 5.80. The van der Waals surface area contributed by atoms with Gasteiger partial charge < -0.3 is 15.4 Å². The number of guanidine groups is 1. The van der Waals surface area contributed by atoms with Crippen molar-refractivity contribution in [3.8, 4) is 0 Å². The minimum atomic E-state index is 0.604. The van der Waals surface area contributed by atoms with E-state index in [1.807, 2.05) is 36.4 Å². The maximum absolute atomic E-state index is 5.80. The Morgan fingerprint density at radius 3 is 2.21 bits per heavy atom. The summed E-state index contributed by atoms with van der Waals surface area (Å²) in [6.07, 6.45) is 1.80. The van der Waals surface area contributed by atoms with E-state index in [0.717, 1.165) is 29.3 Å². The molecule has 1 aromatic heterocycles. The minimum absolute atomic E-state index is 0.604. The first kappa shape index (κ1) is 20.6. The first-order chi connectivity index (χ1) is 14.3. The molecule has 0 bridgehead atoms. The average Bonchev–Trinajstić information content (AvgIpc) is 2.78. The molecule has 0 amide bonds. The standard InChI is InChI=1S/C24H28N4O/c1-2-25-24(28-17-23-10-6-7-15-26-23)27-16-20-11-13-22(14-12-20)19-29-18-21-8-4-3-5-9-21/h3-15H,2,16-19H2,1H3,(H2,25,27,28). The molecule has 5 heteroatoms. The van der Waals surface area contributed by atoms with E-state index in [9.17, 15) is 0 Å². The van der Waals surface area contributed by atoms with Crippen LogP contribution in [0.2, 0.25) is 0 Å². The van der Waals surface area contributed by atoms with Crippen molar-refractivity contribution < 1.29 is 4.74 Å². The SMILES string of the molecule is CCNC(=NCc1ccc(COCc2ccccc2)cc1)NCc1ccccn1. The Bertz CT molecular complexity index is 864. The molecule has 0 saturated carbocycles. The van der Waals surface area contributed by atoms with Gasteiger partial charge in [-0.15, -0.1) is 0 Å². The predicted molar refractivity (Wildman–Crippen MR) is 117 cm³/mol. The molecule has 3 aromatic rings. The molecule has 0 fully saturated rings.